The normalized spacial score (nSPS) is 15.0. The molecule has 0 aromatic heterocycles. The number of methoxy groups -OCH3 is 2. The minimum atomic E-state index is -0.347. The SMILES string of the molecule is COCCOCOc1cc2c(c(OCOCCOC)c1)OC(COC(C)=O)C2. The topological polar surface area (TPSA) is 90.9 Å². The van der Waals surface area contributed by atoms with Gasteiger partial charge in [-0.2, -0.15) is 0 Å². The fourth-order valence-electron chi connectivity index (χ4n) is 2.48. The van der Waals surface area contributed by atoms with E-state index in [4.69, 9.17) is 37.9 Å². The fraction of sp³-hybridized carbons (Fsp3) is 0.632. The van der Waals surface area contributed by atoms with E-state index in [9.17, 15) is 4.79 Å². The van der Waals surface area contributed by atoms with E-state index in [1.165, 1.54) is 6.92 Å². The van der Waals surface area contributed by atoms with Crippen molar-refractivity contribution in [2.45, 2.75) is 19.4 Å². The zero-order valence-corrected chi connectivity index (χ0v) is 16.6. The monoisotopic (exact) mass is 400 g/mol. The molecule has 28 heavy (non-hydrogen) atoms. The highest BCUT2D eigenvalue weighted by molar-refractivity contribution is 5.66. The van der Waals surface area contributed by atoms with Gasteiger partial charge >= 0.3 is 5.97 Å². The predicted molar refractivity (Wildman–Crippen MR) is 97.8 cm³/mol. The van der Waals surface area contributed by atoms with Crippen molar-refractivity contribution < 1.29 is 42.7 Å². The maximum absolute atomic E-state index is 11.0. The second-order valence-electron chi connectivity index (χ2n) is 5.98. The fourth-order valence-corrected chi connectivity index (χ4v) is 2.48. The first-order valence-corrected chi connectivity index (χ1v) is 9.00. The summed E-state index contributed by atoms with van der Waals surface area (Å²) in [6.07, 6.45) is 0.300. The van der Waals surface area contributed by atoms with Gasteiger partial charge in [0.25, 0.3) is 0 Å². The van der Waals surface area contributed by atoms with E-state index in [2.05, 4.69) is 0 Å². The third kappa shape index (κ3) is 7.51. The Kier molecular flexibility index (Phi) is 9.84. The van der Waals surface area contributed by atoms with Crippen LogP contribution in [0.3, 0.4) is 0 Å². The van der Waals surface area contributed by atoms with Gasteiger partial charge in [0.05, 0.1) is 26.4 Å². The zero-order chi connectivity index (χ0) is 20.2. The maximum Gasteiger partial charge on any atom is 0.302 e. The lowest BCUT2D eigenvalue weighted by atomic mass is 10.1. The summed E-state index contributed by atoms with van der Waals surface area (Å²) >= 11 is 0. The van der Waals surface area contributed by atoms with Crippen LogP contribution in [0.15, 0.2) is 12.1 Å². The minimum Gasteiger partial charge on any atom is -0.482 e. The summed E-state index contributed by atoms with van der Waals surface area (Å²) < 4.78 is 42.8. The van der Waals surface area contributed by atoms with Crippen molar-refractivity contribution in [1.29, 1.82) is 0 Å². The van der Waals surface area contributed by atoms with Crippen molar-refractivity contribution >= 4 is 5.97 Å². The lowest BCUT2D eigenvalue weighted by molar-refractivity contribution is -0.143. The highest BCUT2D eigenvalue weighted by Crippen LogP contribution is 2.41. The van der Waals surface area contributed by atoms with E-state index in [1.54, 1.807) is 20.3 Å². The molecule has 0 N–H and O–H groups in total. The Bertz CT molecular complexity index is 605. The number of benzene rings is 1. The van der Waals surface area contributed by atoms with Gasteiger partial charge in [-0.1, -0.05) is 0 Å². The number of rotatable bonds is 14. The van der Waals surface area contributed by atoms with E-state index in [-0.39, 0.29) is 32.3 Å². The molecule has 0 radical (unpaired) electrons. The van der Waals surface area contributed by atoms with Crippen LogP contribution in [0.1, 0.15) is 12.5 Å². The van der Waals surface area contributed by atoms with E-state index in [0.717, 1.165) is 5.56 Å². The number of esters is 1. The van der Waals surface area contributed by atoms with Gasteiger partial charge < -0.3 is 37.9 Å². The Balaban J connectivity index is 1.98. The van der Waals surface area contributed by atoms with Gasteiger partial charge in [-0.3, -0.25) is 4.79 Å². The molecule has 0 bridgehead atoms. The number of carbonyl (C=O) groups is 1. The van der Waals surface area contributed by atoms with Gasteiger partial charge in [-0.25, -0.2) is 0 Å². The number of fused-ring (bicyclic) bond motifs is 1. The molecule has 0 fully saturated rings. The molecule has 0 amide bonds. The Hall–Kier alpha value is -2.07. The van der Waals surface area contributed by atoms with E-state index in [0.29, 0.717) is 50.1 Å². The molecule has 1 aliphatic rings. The third-order valence-corrected chi connectivity index (χ3v) is 3.78. The van der Waals surface area contributed by atoms with Gasteiger partial charge in [0.2, 0.25) is 0 Å². The molecule has 1 unspecified atom stereocenters. The van der Waals surface area contributed by atoms with Crippen molar-refractivity contribution in [3.8, 4) is 17.2 Å². The van der Waals surface area contributed by atoms with Crippen molar-refractivity contribution in [2.75, 3.05) is 60.8 Å². The second-order valence-corrected chi connectivity index (χ2v) is 5.98. The Morgan fingerprint density at radius 2 is 1.71 bits per heavy atom. The first kappa shape index (κ1) is 22.2. The van der Waals surface area contributed by atoms with Crippen LogP contribution in [-0.4, -0.2) is 72.9 Å². The molecule has 9 nitrogen and oxygen atoms in total. The van der Waals surface area contributed by atoms with Crippen LogP contribution in [0.25, 0.3) is 0 Å². The van der Waals surface area contributed by atoms with Crippen molar-refractivity contribution in [3.05, 3.63) is 17.7 Å². The molecule has 1 aromatic carbocycles. The molecule has 1 aromatic rings. The number of hydrogen-bond acceptors (Lipinski definition) is 9. The Morgan fingerprint density at radius 3 is 2.36 bits per heavy atom. The predicted octanol–water partition coefficient (Wildman–Crippen LogP) is 1.55. The number of hydrogen-bond donors (Lipinski definition) is 0. The molecule has 0 aliphatic carbocycles. The molecule has 9 heteroatoms. The smallest absolute Gasteiger partial charge is 0.302 e. The van der Waals surface area contributed by atoms with Crippen molar-refractivity contribution in [3.63, 3.8) is 0 Å². The standard InChI is InChI=1S/C19H28O9/c1-14(20)25-11-17-9-15-8-16(26-12-23-6-4-21-2)10-18(19(15)28-17)27-13-24-7-5-22-3/h8,10,17H,4-7,9,11-13H2,1-3H3. The third-order valence-electron chi connectivity index (χ3n) is 3.78. The molecule has 0 saturated heterocycles. The summed E-state index contributed by atoms with van der Waals surface area (Å²) in [7, 11) is 3.21. The van der Waals surface area contributed by atoms with Crippen molar-refractivity contribution in [2.24, 2.45) is 0 Å². The average Bonchev–Trinajstić information content (AvgIpc) is 3.09. The summed E-state index contributed by atoms with van der Waals surface area (Å²) in [5, 5.41) is 0. The number of carbonyl (C=O) groups excluding carboxylic acids is 1. The van der Waals surface area contributed by atoms with Gasteiger partial charge in [0.15, 0.2) is 25.1 Å². The summed E-state index contributed by atoms with van der Waals surface area (Å²) in [5.74, 6) is 1.33. The van der Waals surface area contributed by atoms with Crippen LogP contribution >= 0.6 is 0 Å². The maximum atomic E-state index is 11.0. The van der Waals surface area contributed by atoms with Crippen LogP contribution in [0.4, 0.5) is 0 Å². The van der Waals surface area contributed by atoms with E-state index >= 15 is 0 Å². The lowest BCUT2D eigenvalue weighted by Crippen LogP contribution is -2.22. The second kappa shape index (κ2) is 12.4. The largest absolute Gasteiger partial charge is 0.482 e. The van der Waals surface area contributed by atoms with Crippen LogP contribution < -0.4 is 14.2 Å². The molecule has 0 spiro atoms. The molecule has 1 aliphatic heterocycles. The van der Waals surface area contributed by atoms with Gasteiger partial charge in [0, 0.05) is 39.2 Å². The molecule has 158 valence electrons. The zero-order valence-electron chi connectivity index (χ0n) is 16.6. The summed E-state index contributed by atoms with van der Waals surface area (Å²) in [4.78, 5) is 11.0. The first-order valence-electron chi connectivity index (χ1n) is 9.00. The highest BCUT2D eigenvalue weighted by Gasteiger charge is 2.28. The Labute approximate surface area is 164 Å². The van der Waals surface area contributed by atoms with Crippen LogP contribution in [0.5, 0.6) is 17.2 Å². The molecule has 2 rings (SSSR count). The van der Waals surface area contributed by atoms with Gasteiger partial charge in [0.1, 0.15) is 18.5 Å². The quantitative estimate of drug-likeness (QED) is 0.262. The molecule has 0 saturated carbocycles. The summed E-state index contributed by atoms with van der Waals surface area (Å²) in [6, 6.07) is 3.58. The molecular formula is C19H28O9. The van der Waals surface area contributed by atoms with E-state index < -0.39 is 0 Å². The van der Waals surface area contributed by atoms with Gasteiger partial charge in [-0.05, 0) is 6.07 Å². The highest BCUT2D eigenvalue weighted by atomic mass is 16.7. The van der Waals surface area contributed by atoms with Crippen molar-refractivity contribution in [1.82, 2.24) is 0 Å². The van der Waals surface area contributed by atoms with Crippen LogP contribution in [0, 0.1) is 0 Å². The minimum absolute atomic E-state index is 0.0432. The summed E-state index contributed by atoms with van der Waals surface area (Å²) in [5.41, 5.74) is 0.901. The van der Waals surface area contributed by atoms with Crippen LogP contribution in [-0.2, 0) is 34.9 Å². The molecular weight excluding hydrogens is 372 g/mol. The van der Waals surface area contributed by atoms with E-state index in [1.807, 2.05) is 6.07 Å². The number of ether oxygens (including phenoxy) is 8. The summed E-state index contributed by atoms with van der Waals surface area (Å²) in [6.45, 7) is 3.49. The van der Waals surface area contributed by atoms with Gasteiger partial charge in [-0.15, -0.1) is 0 Å². The Morgan fingerprint density at radius 1 is 1.04 bits per heavy atom. The molecule has 1 heterocycles. The molecule has 1 atom stereocenters. The lowest BCUT2D eigenvalue weighted by Gasteiger charge is -2.14. The average molecular weight is 400 g/mol. The van der Waals surface area contributed by atoms with Crippen LogP contribution in [0.2, 0.25) is 0 Å². The first-order chi connectivity index (χ1) is 13.6.